The fraction of sp³-hybridized carbons (Fsp3) is 0.158. The molecular formula is C19H16N2O2S. The maximum absolute atomic E-state index is 12.7. The van der Waals surface area contributed by atoms with Gasteiger partial charge in [0.25, 0.3) is 0 Å². The van der Waals surface area contributed by atoms with Crippen molar-refractivity contribution in [2.24, 2.45) is 0 Å². The molecule has 2 heterocycles. The zero-order valence-corrected chi connectivity index (χ0v) is 14.0. The molecular weight excluding hydrogens is 320 g/mol. The zero-order valence-electron chi connectivity index (χ0n) is 13.2. The van der Waals surface area contributed by atoms with Crippen molar-refractivity contribution in [2.45, 2.75) is 12.8 Å². The minimum absolute atomic E-state index is 0.0497. The number of aromatic nitrogens is 1. The van der Waals surface area contributed by atoms with Crippen LogP contribution in [0, 0.1) is 6.92 Å². The molecule has 2 aromatic carbocycles. The molecule has 0 spiro atoms. The van der Waals surface area contributed by atoms with Gasteiger partial charge in [-0.15, -0.1) is 0 Å². The van der Waals surface area contributed by atoms with Gasteiger partial charge in [-0.25, -0.2) is 4.98 Å². The normalized spacial score (nSPS) is 15.6. The second-order valence-corrected chi connectivity index (χ2v) is 6.69. The summed E-state index contributed by atoms with van der Waals surface area (Å²) in [7, 11) is 0. The van der Waals surface area contributed by atoms with Crippen molar-refractivity contribution >= 4 is 22.2 Å². The van der Waals surface area contributed by atoms with Gasteiger partial charge in [0.05, 0.1) is 5.69 Å². The van der Waals surface area contributed by atoms with Crippen LogP contribution in [0.2, 0.25) is 0 Å². The third kappa shape index (κ3) is 2.67. The van der Waals surface area contributed by atoms with Crippen LogP contribution in [0.25, 0.3) is 10.6 Å². The third-order valence-electron chi connectivity index (χ3n) is 4.07. The summed E-state index contributed by atoms with van der Waals surface area (Å²) in [6.45, 7) is 2.30. The minimum Gasteiger partial charge on any atom is -0.492 e. The van der Waals surface area contributed by atoms with Gasteiger partial charge in [-0.3, -0.25) is 4.79 Å². The van der Waals surface area contributed by atoms with Gasteiger partial charge in [0.1, 0.15) is 28.3 Å². The first-order valence-electron chi connectivity index (χ1n) is 7.78. The Kier molecular flexibility index (Phi) is 3.78. The van der Waals surface area contributed by atoms with Crippen LogP contribution in [0.1, 0.15) is 17.2 Å². The van der Waals surface area contributed by atoms with Gasteiger partial charge < -0.3 is 10.1 Å². The number of hydrogen-bond donors (Lipinski definition) is 1. The highest BCUT2D eigenvalue weighted by Crippen LogP contribution is 2.36. The molecule has 3 aromatic rings. The molecule has 5 heteroatoms. The smallest absolute Gasteiger partial charge is 0.236 e. The van der Waals surface area contributed by atoms with Gasteiger partial charge in [-0.05, 0) is 13.0 Å². The maximum atomic E-state index is 12.7. The number of aryl methyl sites for hydroxylation is 1. The number of thiazole rings is 1. The molecule has 0 bridgehead atoms. The minimum atomic E-state index is -0.275. The Hall–Kier alpha value is -2.66. The number of nitrogens with one attached hydrogen (secondary N) is 1. The predicted molar refractivity (Wildman–Crippen MR) is 95.6 cm³/mol. The molecule has 1 aliphatic rings. The van der Waals surface area contributed by atoms with E-state index in [1.165, 1.54) is 11.3 Å². The number of ether oxygens (including phenoxy) is 1. The van der Waals surface area contributed by atoms with Gasteiger partial charge >= 0.3 is 0 Å². The highest BCUT2D eigenvalue weighted by Gasteiger charge is 2.30. The summed E-state index contributed by atoms with van der Waals surface area (Å²) in [5, 5.41) is 4.72. The topological polar surface area (TPSA) is 51.2 Å². The standard InChI is InChI=1S/C19H16N2O2S/c1-12-18(24-19(20-12)13-7-3-2-4-8-13)21-17(22)15-11-23-16-10-6-5-9-14(15)16/h2-10,15H,11H2,1H3,(H,21,22). The van der Waals surface area contributed by atoms with Crippen LogP contribution in [-0.4, -0.2) is 17.5 Å². The molecule has 0 radical (unpaired) electrons. The van der Waals surface area contributed by atoms with E-state index in [2.05, 4.69) is 10.3 Å². The Balaban J connectivity index is 1.56. The van der Waals surface area contributed by atoms with E-state index in [4.69, 9.17) is 4.74 Å². The van der Waals surface area contributed by atoms with Crippen LogP contribution in [-0.2, 0) is 4.79 Å². The summed E-state index contributed by atoms with van der Waals surface area (Å²) < 4.78 is 5.60. The van der Waals surface area contributed by atoms with Gasteiger partial charge in [-0.1, -0.05) is 59.9 Å². The van der Waals surface area contributed by atoms with Crippen LogP contribution in [0.15, 0.2) is 54.6 Å². The number of anilines is 1. The van der Waals surface area contributed by atoms with Gasteiger partial charge in [0, 0.05) is 11.1 Å². The first kappa shape index (κ1) is 14.9. The van der Waals surface area contributed by atoms with Crippen LogP contribution < -0.4 is 10.1 Å². The van der Waals surface area contributed by atoms with E-state index >= 15 is 0 Å². The second kappa shape index (κ2) is 6.09. The number of fused-ring (bicyclic) bond motifs is 1. The lowest BCUT2D eigenvalue weighted by molar-refractivity contribution is -0.117. The van der Waals surface area contributed by atoms with Gasteiger partial charge in [0.2, 0.25) is 5.91 Å². The Morgan fingerprint density at radius 1 is 1.17 bits per heavy atom. The number of carbonyl (C=O) groups excluding carboxylic acids is 1. The molecule has 0 fully saturated rings. The molecule has 1 aromatic heterocycles. The summed E-state index contributed by atoms with van der Waals surface area (Å²) in [6.07, 6.45) is 0. The lowest BCUT2D eigenvalue weighted by Gasteiger charge is -2.09. The average Bonchev–Trinajstić information content (AvgIpc) is 3.20. The predicted octanol–water partition coefficient (Wildman–Crippen LogP) is 4.23. The number of rotatable bonds is 3. The summed E-state index contributed by atoms with van der Waals surface area (Å²) in [4.78, 5) is 17.2. The highest BCUT2D eigenvalue weighted by atomic mass is 32.1. The van der Waals surface area contributed by atoms with Crippen molar-refractivity contribution in [1.29, 1.82) is 0 Å². The molecule has 0 saturated carbocycles. The highest BCUT2D eigenvalue weighted by molar-refractivity contribution is 7.19. The van der Waals surface area contributed by atoms with Crippen molar-refractivity contribution in [3.05, 3.63) is 65.9 Å². The van der Waals surface area contributed by atoms with E-state index in [0.29, 0.717) is 6.61 Å². The Morgan fingerprint density at radius 3 is 2.75 bits per heavy atom. The molecule has 4 nitrogen and oxygen atoms in total. The number of para-hydroxylation sites is 1. The molecule has 1 unspecified atom stereocenters. The lowest BCUT2D eigenvalue weighted by Crippen LogP contribution is -2.22. The zero-order chi connectivity index (χ0) is 16.5. The fourth-order valence-corrected chi connectivity index (χ4v) is 3.77. The summed E-state index contributed by atoms with van der Waals surface area (Å²) >= 11 is 1.50. The number of amides is 1. The van der Waals surface area contributed by atoms with E-state index in [1.807, 2.05) is 61.5 Å². The third-order valence-corrected chi connectivity index (χ3v) is 5.19. The molecule has 1 atom stereocenters. The SMILES string of the molecule is Cc1nc(-c2ccccc2)sc1NC(=O)C1COc2ccccc21. The van der Waals surface area contributed by atoms with Crippen molar-refractivity contribution in [3.8, 4) is 16.3 Å². The number of benzene rings is 2. The van der Waals surface area contributed by atoms with E-state index in [0.717, 1.165) is 32.6 Å². The molecule has 120 valence electrons. The van der Waals surface area contributed by atoms with E-state index in [-0.39, 0.29) is 11.8 Å². The van der Waals surface area contributed by atoms with Gasteiger partial charge in [0.15, 0.2) is 0 Å². The molecule has 1 amide bonds. The van der Waals surface area contributed by atoms with Crippen molar-refractivity contribution < 1.29 is 9.53 Å². The monoisotopic (exact) mass is 336 g/mol. The van der Waals surface area contributed by atoms with Crippen LogP contribution in [0.3, 0.4) is 0 Å². The Morgan fingerprint density at radius 2 is 1.92 bits per heavy atom. The van der Waals surface area contributed by atoms with Crippen molar-refractivity contribution in [2.75, 3.05) is 11.9 Å². The van der Waals surface area contributed by atoms with Crippen molar-refractivity contribution in [3.63, 3.8) is 0 Å². The van der Waals surface area contributed by atoms with Crippen LogP contribution in [0.5, 0.6) is 5.75 Å². The number of nitrogens with zero attached hydrogens (tertiary/aromatic N) is 1. The number of carbonyl (C=O) groups is 1. The molecule has 24 heavy (non-hydrogen) atoms. The lowest BCUT2D eigenvalue weighted by atomic mass is 10.0. The molecule has 4 rings (SSSR count). The fourth-order valence-electron chi connectivity index (χ4n) is 2.80. The van der Waals surface area contributed by atoms with E-state index < -0.39 is 0 Å². The quantitative estimate of drug-likeness (QED) is 0.778. The average molecular weight is 336 g/mol. The largest absolute Gasteiger partial charge is 0.492 e. The second-order valence-electron chi connectivity index (χ2n) is 5.69. The van der Waals surface area contributed by atoms with Gasteiger partial charge in [-0.2, -0.15) is 0 Å². The van der Waals surface area contributed by atoms with Crippen LogP contribution in [0.4, 0.5) is 5.00 Å². The summed E-state index contributed by atoms with van der Waals surface area (Å²) in [5.41, 5.74) is 2.83. The van der Waals surface area contributed by atoms with E-state index in [1.54, 1.807) is 0 Å². The Bertz CT molecular complexity index is 889. The van der Waals surface area contributed by atoms with E-state index in [9.17, 15) is 4.79 Å². The summed E-state index contributed by atoms with van der Waals surface area (Å²) in [6, 6.07) is 17.7. The molecule has 0 aliphatic carbocycles. The first-order valence-corrected chi connectivity index (χ1v) is 8.59. The number of hydrogen-bond acceptors (Lipinski definition) is 4. The van der Waals surface area contributed by atoms with Crippen molar-refractivity contribution in [1.82, 2.24) is 4.98 Å². The van der Waals surface area contributed by atoms with Crippen LogP contribution >= 0.6 is 11.3 Å². The molecule has 1 aliphatic heterocycles. The molecule has 0 saturated heterocycles. The first-order chi connectivity index (χ1) is 11.7. The maximum Gasteiger partial charge on any atom is 0.236 e. The Labute approximate surface area is 144 Å². The summed E-state index contributed by atoms with van der Waals surface area (Å²) in [5.74, 6) is 0.470. The molecule has 1 N–H and O–H groups in total.